The van der Waals surface area contributed by atoms with Crippen LogP contribution < -0.4 is 10.1 Å². The molecule has 1 N–H and O–H groups in total. The number of nitrogens with one attached hydrogen (secondary N) is 1. The maximum absolute atomic E-state index is 6.29. The van der Waals surface area contributed by atoms with E-state index in [-0.39, 0.29) is 0 Å². The zero-order valence-corrected chi connectivity index (χ0v) is 13.3. The second-order valence-electron chi connectivity index (χ2n) is 4.96. The van der Waals surface area contributed by atoms with Gasteiger partial charge < -0.3 is 10.1 Å². The van der Waals surface area contributed by atoms with E-state index in [1.165, 1.54) is 5.56 Å². The van der Waals surface area contributed by atoms with Gasteiger partial charge in [0.25, 0.3) is 0 Å². The van der Waals surface area contributed by atoms with Gasteiger partial charge in [-0.1, -0.05) is 51.3 Å². The molecule has 1 rings (SSSR count). The lowest BCUT2D eigenvalue weighted by molar-refractivity contribution is 0.240. The summed E-state index contributed by atoms with van der Waals surface area (Å²) in [6.45, 7) is 10.3. The first-order chi connectivity index (χ1) is 9.12. The molecule has 0 aliphatic rings. The predicted octanol–water partition coefficient (Wildman–Crippen LogP) is 4.83. The molecule has 0 heterocycles. The Hall–Kier alpha value is -0.730. The second kappa shape index (κ2) is 8.44. The standard InChI is InChI=1S/C16H26ClNO/c1-5-13(6-2)11-19-16-9-8-14(10-15(16)17)12(4)18-7-3/h8-10,12-13,18H,5-7,11H2,1-4H3. The number of benzene rings is 1. The summed E-state index contributed by atoms with van der Waals surface area (Å²) < 4.78 is 5.82. The third kappa shape index (κ3) is 5.04. The normalized spacial score (nSPS) is 12.7. The van der Waals surface area contributed by atoms with Crippen LogP contribution in [0.3, 0.4) is 0 Å². The molecular formula is C16H26ClNO. The average Bonchev–Trinajstić information content (AvgIpc) is 2.41. The molecule has 0 spiro atoms. The summed E-state index contributed by atoms with van der Waals surface area (Å²) in [6.07, 6.45) is 2.29. The Kier molecular flexibility index (Phi) is 7.25. The average molecular weight is 284 g/mol. The fourth-order valence-corrected chi connectivity index (χ4v) is 2.30. The van der Waals surface area contributed by atoms with Crippen LogP contribution >= 0.6 is 11.6 Å². The SMILES string of the molecule is CCNC(C)c1ccc(OCC(CC)CC)c(Cl)c1. The van der Waals surface area contributed by atoms with Gasteiger partial charge in [0.05, 0.1) is 11.6 Å². The van der Waals surface area contributed by atoms with Gasteiger partial charge in [0.15, 0.2) is 0 Å². The number of hydrogen-bond acceptors (Lipinski definition) is 2. The topological polar surface area (TPSA) is 21.3 Å². The van der Waals surface area contributed by atoms with Crippen molar-refractivity contribution in [3.63, 3.8) is 0 Å². The van der Waals surface area contributed by atoms with Crippen LogP contribution in [0.1, 0.15) is 52.1 Å². The number of rotatable bonds is 8. The fraction of sp³-hybridized carbons (Fsp3) is 0.625. The monoisotopic (exact) mass is 283 g/mol. The third-order valence-electron chi connectivity index (χ3n) is 3.60. The van der Waals surface area contributed by atoms with Crippen molar-refractivity contribution in [2.24, 2.45) is 5.92 Å². The van der Waals surface area contributed by atoms with Crippen LogP contribution in [0.25, 0.3) is 0 Å². The van der Waals surface area contributed by atoms with Gasteiger partial charge in [-0.3, -0.25) is 0 Å². The smallest absolute Gasteiger partial charge is 0.137 e. The fourth-order valence-electron chi connectivity index (χ4n) is 2.06. The van der Waals surface area contributed by atoms with Gasteiger partial charge in [0.2, 0.25) is 0 Å². The van der Waals surface area contributed by atoms with Crippen LogP contribution in [0, 0.1) is 5.92 Å². The molecule has 0 aromatic heterocycles. The van der Waals surface area contributed by atoms with E-state index in [2.05, 4.69) is 39.1 Å². The molecule has 2 nitrogen and oxygen atoms in total. The van der Waals surface area contributed by atoms with Crippen molar-refractivity contribution in [3.05, 3.63) is 28.8 Å². The van der Waals surface area contributed by atoms with Crippen molar-refractivity contribution >= 4 is 11.6 Å². The first kappa shape index (κ1) is 16.3. The van der Waals surface area contributed by atoms with Gasteiger partial charge in [-0.2, -0.15) is 0 Å². The molecule has 1 atom stereocenters. The summed E-state index contributed by atoms with van der Waals surface area (Å²) in [5.74, 6) is 1.40. The predicted molar refractivity (Wildman–Crippen MR) is 83.1 cm³/mol. The molecule has 1 unspecified atom stereocenters. The first-order valence-corrected chi connectivity index (χ1v) is 7.65. The highest BCUT2D eigenvalue weighted by Gasteiger charge is 2.10. The molecule has 108 valence electrons. The lowest BCUT2D eigenvalue weighted by Gasteiger charge is -2.17. The van der Waals surface area contributed by atoms with E-state index in [0.29, 0.717) is 17.0 Å². The summed E-state index contributed by atoms with van der Waals surface area (Å²) >= 11 is 6.29. The number of hydrogen-bond donors (Lipinski definition) is 1. The molecule has 1 aromatic rings. The van der Waals surface area contributed by atoms with Crippen molar-refractivity contribution in [2.75, 3.05) is 13.2 Å². The van der Waals surface area contributed by atoms with Crippen LogP contribution in [0.4, 0.5) is 0 Å². The highest BCUT2D eigenvalue weighted by atomic mass is 35.5. The Morgan fingerprint density at radius 3 is 2.42 bits per heavy atom. The van der Waals surface area contributed by atoms with Gasteiger partial charge in [0.1, 0.15) is 5.75 Å². The van der Waals surface area contributed by atoms with Crippen LogP contribution in [0.2, 0.25) is 5.02 Å². The van der Waals surface area contributed by atoms with E-state index < -0.39 is 0 Å². The van der Waals surface area contributed by atoms with Crippen molar-refractivity contribution in [3.8, 4) is 5.75 Å². The highest BCUT2D eigenvalue weighted by molar-refractivity contribution is 6.32. The molecular weight excluding hydrogens is 258 g/mol. The first-order valence-electron chi connectivity index (χ1n) is 7.27. The summed E-state index contributed by atoms with van der Waals surface area (Å²) in [7, 11) is 0. The van der Waals surface area contributed by atoms with Crippen molar-refractivity contribution in [1.82, 2.24) is 5.32 Å². The van der Waals surface area contributed by atoms with Gasteiger partial charge in [0, 0.05) is 6.04 Å². The number of halogens is 1. The molecule has 3 heteroatoms. The van der Waals surface area contributed by atoms with Crippen LogP contribution in [-0.4, -0.2) is 13.2 Å². The minimum atomic E-state index is 0.315. The van der Waals surface area contributed by atoms with Crippen LogP contribution in [0.5, 0.6) is 5.75 Å². The molecule has 0 radical (unpaired) electrons. The Morgan fingerprint density at radius 1 is 1.21 bits per heavy atom. The van der Waals surface area contributed by atoms with Gasteiger partial charge in [-0.05, 0) is 37.1 Å². The van der Waals surface area contributed by atoms with Crippen molar-refractivity contribution < 1.29 is 4.74 Å². The summed E-state index contributed by atoms with van der Waals surface area (Å²) in [4.78, 5) is 0. The molecule has 0 fully saturated rings. The summed E-state index contributed by atoms with van der Waals surface area (Å²) in [5, 5.41) is 4.08. The van der Waals surface area contributed by atoms with E-state index in [1.54, 1.807) is 0 Å². The molecule has 0 aliphatic carbocycles. The van der Waals surface area contributed by atoms with Gasteiger partial charge >= 0.3 is 0 Å². The molecule has 19 heavy (non-hydrogen) atoms. The Morgan fingerprint density at radius 2 is 1.89 bits per heavy atom. The van der Waals surface area contributed by atoms with E-state index in [4.69, 9.17) is 16.3 Å². The van der Waals surface area contributed by atoms with Crippen molar-refractivity contribution in [1.29, 1.82) is 0 Å². The lowest BCUT2D eigenvalue weighted by Crippen LogP contribution is -2.17. The maximum Gasteiger partial charge on any atom is 0.137 e. The van der Waals surface area contributed by atoms with E-state index >= 15 is 0 Å². The van der Waals surface area contributed by atoms with Crippen LogP contribution in [0.15, 0.2) is 18.2 Å². The van der Waals surface area contributed by atoms with E-state index in [9.17, 15) is 0 Å². The summed E-state index contributed by atoms with van der Waals surface area (Å²) in [6, 6.07) is 6.38. The number of ether oxygens (including phenoxy) is 1. The molecule has 1 aromatic carbocycles. The molecule has 0 saturated heterocycles. The Balaban J connectivity index is 2.66. The third-order valence-corrected chi connectivity index (χ3v) is 3.89. The maximum atomic E-state index is 6.29. The van der Waals surface area contributed by atoms with Gasteiger partial charge in [-0.25, -0.2) is 0 Å². The highest BCUT2D eigenvalue weighted by Crippen LogP contribution is 2.28. The van der Waals surface area contributed by atoms with Crippen molar-refractivity contribution in [2.45, 2.75) is 46.6 Å². The Bertz CT molecular complexity index is 377. The van der Waals surface area contributed by atoms with E-state index in [1.807, 2.05) is 12.1 Å². The second-order valence-corrected chi connectivity index (χ2v) is 5.37. The zero-order chi connectivity index (χ0) is 14.3. The molecule has 0 aliphatic heterocycles. The zero-order valence-electron chi connectivity index (χ0n) is 12.5. The quantitative estimate of drug-likeness (QED) is 0.738. The minimum absolute atomic E-state index is 0.315. The minimum Gasteiger partial charge on any atom is -0.492 e. The summed E-state index contributed by atoms with van der Waals surface area (Å²) in [5.41, 5.74) is 1.20. The Labute approximate surface area is 122 Å². The molecule has 0 bridgehead atoms. The molecule has 0 amide bonds. The van der Waals surface area contributed by atoms with E-state index in [0.717, 1.165) is 31.7 Å². The lowest BCUT2D eigenvalue weighted by atomic mass is 10.1. The van der Waals surface area contributed by atoms with Crippen LogP contribution in [-0.2, 0) is 0 Å². The van der Waals surface area contributed by atoms with Gasteiger partial charge in [-0.15, -0.1) is 0 Å². The largest absolute Gasteiger partial charge is 0.492 e. The molecule has 0 saturated carbocycles.